The first-order valence-electron chi connectivity index (χ1n) is 11.5. The van der Waals surface area contributed by atoms with Crippen molar-refractivity contribution in [2.24, 2.45) is 0 Å². The van der Waals surface area contributed by atoms with Crippen LogP contribution in [0.25, 0.3) is 0 Å². The molecule has 4 rings (SSSR count). The van der Waals surface area contributed by atoms with Crippen LogP contribution in [0.5, 0.6) is 17.2 Å². The zero-order valence-electron chi connectivity index (χ0n) is 20.3. The molecule has 0 bridgehead atoms. The van der Waals surface area contributed by atoms with Crippen LogP contribution in [0.15, 0.2) is 72.8 Å². The molecular weight excluding hydrogens is 444 g/mol. The molecular formula is C28H30N2O5. The van der Waals surface area contributed by atoms with Gasteiger partial charge in [-0.25, -0.2) is 4.79 Å². The lowest BCUT2D eigenvalue weighted by molar-refractivity contribution is -0.128. The third-order valence-electron chi connectivity index (χ3n) is 6.22. The van der Waals surface area contributed by atoms with Gasteiger partial charge in [0, 0.05) is 19.5 Å². The Morgan fingerprint density at radius 3 is 1.86 bits per heavy atom. The monoisotopic (exact) mass is 474 g/mol. The summed E-state index contributed by atoms with van der Waals surface area (Å²) in [6.07, 6.45) is 1.05. The fraction of sp³-hybridized carbons (Fsp3) is 0.286. The minimum atomic E-state index is -0.597. The molecule has 1 fully saturated rings. The highest BCUT2D eigenvalue weighted by Crippen LogP contribution is 2.39. The molecule has 0 saturated carbocycles. The molecule has 0 aliphatic carbocycles. The van der Waals surface area contributed by atoms with Crippen LogP contribution in [0.3, 0.4) is 0 Å². The zero-order valence-corrected chi connectivity index (χ0v) is 20.3. The summed E-state index contributed by atoms with van der Waals surface area (Å²) < 4.78 is 16.4. The van der Waals surface area contributed by atoms with Gasteiger partial charge < -0.3 is 19.1 Å². The summed E-state index contributed by atoms with van der Waals surface area (Å²) in [5, 5.41) is 0. The summed E-state index contributed by atoms with van der Waals surface area (Å²) in [4.78, 5) is 30.0. The van der Waals surface area contributed by atoms with Crippen LogP contribution in [0.1, 0.15) is 16.7 Å². The van der Waals surface area contributed by atoms with E-state index < -0.39 is 6.04 Å². The summed E-state index contributed by atoms with van der Waals surface area (Å²) in [7, 11) is 4.65. The van der Waals surface area contributed by atoms with E-state index in [1.54, 1.807) is 26.2 Å². The topological polar surface area (TPSA) is 68.3 Å². The van der Waals surface area contributed by atoms with Crippen molar-refractivity contribution in [2.45, 2.75) is 25.4 Å². The number of rotatable bonds is 10. The molecule has 7 heteroatoms. The van der Waals surface area contributed by atoms with E-state index in [2.05, 4.69) is 0 Å². The van der Waals surface area contributed by atoms with Gasteiger partial charge in [0.1, 0.15) is 6.04 Å². The number of hydrogen-bond donors (Lipinski definition) is 0. The second-order valence-corrected chi connectivity index (χ2v) is 8.38. The maximum atomic E-state index is 13.5. The average molecular weight is 475 g/mol. The van der Waals surface area contributed by atoms with Gasteiger partial charge in [-0.2, -0.15) is 0 Å². The van der Waals surface area contributed by atoms with Crippen LogP contribution >= 0.6 is 0 Å². The Kier molecular flexibility index (Phi) is 7.55. The first kappa shape index (κ1) is 24.1. The molecule has 1 atom stereocenters. The van der Waals surface area contributed by atoms with Gasteiger partial charge in [0.25, 0.3) is 5.91 Å². The molecule has 35 heavy (non-hydrogen) atoms. The number of urea groups is 1. The predicted molar refractivity (Wildman–Crippen MR) is 133 cm³/mol. The Balaban J connectivity index is 1.62. The van der Waals surface area contributed by atoms with Gasteiger partial charge in [-0.15, -0.1) is 0 Å². The fourth-order valence-corrected chi connectivity index (χ4v) is 4.42. The molecule has 0 N–H and O–H groups in total. The average Bonchev–Trinajstić information content (AvgIpc) is 3.11. The molecule has 0 radical (unpaired) electrons. The summed E-state index contributed by atoms with van der Waals surface area (Å²) in [5.41, 5.74) is 2.86. The minimum absolute atomic E-state index is 0.178. The number of carbonyl (C=O) groups is 2. The number of benzene rings is 3. The standard InChI is InChI=1S/C28H30N2O5/c1-33-24-17-22(18-25(34-2)26(24)35-3)19-30-23(16-21-12-8-5-9-13-21)27(31)29(28(30)32)15-14-20-10-6-4-7-11-20/h4-13,17-18,23H,14-16,19H2,1-3H3/t23-/m0/s1. The summed E-state index contributed by atoms with van der Waals surface area (Å²) in [6.45, 7) is 0.569. The second kappa shape index (κ2) is 11.0. The van der Waals surface area contributed by atoms with E-state index in [1.807, 2.05) is 72.8 Å². The smallest absolute Gasteiger partial charge is 0.327 e. The predicted octanol–water partition coefficient (Wildman–Crippen LogP) is 4.33. The van der Waals surface area contributed by atoms with E-state index >= 15 is 0 Å². The molecule has 1 aliphatic heterocycles. The van der Waals surface area contributed by atoms with Gasteiger partial charge in [0.15, 0.2) is 11.5 Å². The molecule has 0 aromatic heterocycles. The Labute approximate surface area is 205 Å². The van der Waals surface area contributed by atoms with Crippen molar-refractivity contribution in [1.29, 1.82) is 0 Å². The lowest BCUT2D eigenvalue weighted by Gasteiger charge is -2.23. The van der Waals surface area contributed by atoms with Crippen LogP contribution in [-0.4, -0.2) is 55.7 Å². The van der Waals surface area contributed by atoms with E-state index in [-0.39, 0.29) is 18.5 Å². The van der Waals surface area contributed by atoms with Gasteiger partial charge in [-0.3, -0.25) is 9.69 Å². The maximum Gasteiger partial charge on any atom is 0.327 e. The molecule has 3 aromatic rings. The minimum Gasteiger partial charge on any atom is -0.493 e. The van der Waals surface area contributed by atoms with Crippen LogP contribution in [0, 0.1) is 0 Å². The first-order valence-corrected chi connectivity index (χ1v) is 11.5. The Morgan fingerprint density at radius 1 is 0.743 bits per heavy atom. The van der Waals surface area contributed by atoms with E-state index in [0.717, 1.165) is 16.7 Å². The zero-order chi connectivity index (χ0) is 24.8. The van der Waals surface area contributed by atoms with Gasteiger partial charge in [0.2, 0.25) is 5.75 Å². The molecule has 3 aromatic carbocycles. The van der Waals surface area contributed by atoms with Crippen molar-refractivity contribution < 1.29 is 23.8 Å². The van der Waals surface area contributed by atoms with Gasteiger partial charge in [0.05, 0.1) is 21.3 Å². The van der Waals surface area contributed by atoms with Crippen molar-refractivity contribution in [3.8, 4) is 17.2 Å². The molecule has 182 valence electrons. The third kappa shape index (κ3) is 5.24. The van der Waals surface area contributed by atoms with Gasteiger partial charge >= 0.3 is 6.03 Å². The Morgan fingerprint density at radius 2 is 1.31 bits per heavy atom. The number of carbonyl (C=O) groups excluding carboxylic acids is 2. The highest BCUT2D eigenvalue weighted by Gasteiger charge is 2.44. The number of methoxy groups -OCH3 is 3. The van der Waals surface area contributed by atoms with Gasteiger partial charge in [-0.1, -0.05) is 60.7 Å². The van der Waals surface area contributed by atoms with E-state index in [1.165, 1.54) is 4.90 Å². The van der Waals surface area contributed by atoms with Crippen LogP contribution in [0.4, 0.5) is 4.79 Å². The Bertz CT molecular complexity index is 1140. The van der Waals surface area contributed by atoms with Crippen LogP contribution in [-0.2, 0) is 24.2 Å². The van der Waals surface area contributed by atoms with E-state index in [9.17, 15) is 9.59 Å². The molecule has 0 unspecified atom stereocenters. The van der Waals surface area contributed by atoms with Crippen molar-refractivity contribution in [3.05, 3.63) is 89.5 Å². The molecule has 1 aliphatic rings. The van der Waals surface area contributed by atoms with Crippen LogP contribution in [0.2, 0.25) is 0 Å². The first-order chi connectivity index (χ1) is 17.0. The highest BCUT2D eigenvalue weighted by atomic mass is 16.5. The number of nitrogens with zero attached hydrogens (tertiary/aromatic N) is 2. The lowest BCUT2D eigenvalue weighted by atomic mass is 10.0. The van der Waals surface area contributed by atoms with Crippen molar-refractivity contribution in [2.75, 3.05) is 27.9 Å². The fourth-order valence-electron chi connectivity index (χ4n) is 4.42. The summed E-state index contributed by atoms with van der Waals surface area (Å²) in [6, 6.07) is 22.4. The van der Waals surface area contributed by atoms with Crippen molar-refractivity contribution in [1.82, 2.24) is 9.80 Å². The van der Waals surface area contributed by atoms with Gasteiger partial charge in [-0.05, 0) is 35.2 Å². The maximum absolute atomic E-state index is 13.5. The number of amides is 3. The molecule has 7 nitrogen and oxygen atoms in total. The SMILES string of the molecule is COc1cc(CN2C(=O)N(CCc3ccccc3)C(=O)[C@@H]2Cc2ccccc2)cc(OC)c1OC. The third-order valence-corrected chi connectivity index (χ3v) is 6.22. The molecule has 3 amide bonds. The van der Waals surface area contributed by atoms with Crippen molar-refractivity contribution >= 4 is 11.9 Å². The summed E-state index contributed by atoms with van der Waals surface area (Å²) >= 11 is 0. The van der Waals surface area contributed by atoms with E-state index in [0.29, 0.717) is 36.6 Å². The normalized spacial score (nSPS) is 15.5. The molecule has 1 saturated heterocycles. The number of hydrogen-bond acceptors (Lipinski definition) is 5. The summed E-state index contributed by atoms with van der Waals surface area (Å²) in [5.74, 6) is 1.30. The second-order valence-electron chi connectivity index (χ2n) is 8.38. The lowest BCUT2D eigenvalue weighted by Crippen LogP contribution is -2.36. The quantitative estimate of drug-likeness (QED) is 0.409. The molecule has 1 heterocycles. The molecule has 0 spiro atoms. The Hall–Kier alpha value is -4.00. The van der Waals surface area contributed by atoms with Crippen molar-refractivity contribution in [3.63, 3.8) is 0 Å². The largest absolute Gasteiger partial charge is 0.493 e. The number of imide groups is 1. The highest BCUT2D eigenvalue weighted by molar-refractivity contribution is 6.04. The van der Waals surface area contributed by atoms with Crippen LogP contribution < -0.4 is 14.2 Å². The van der Waals surface area contributed by atoms with E-state index in [4.69, 9.17) is 14.2 Å². The number of ether oxygens (including phenoxy) is 3.